The third kappa shape index (κ3) is 6.31. The Morgan fingerprint density at radius 2 is 2.22 bits per heavy atom. The Bertz CT molecular complexity index is 93.0. The molecule has 0 bridgehead atoms. The Morgan fingerprint density at radius 1 is 1.67 bits per heavy atom. The van der Waals surface area contributed by atoms with Gasteiger partial charge in [0.1, 0.15) is 0 Å². The second kappa shape index (κ2) is 5.23. The molecular formula is C5H8Br2O2. The van der Waals surface area contributed by atoms with Gasteiger partial charge < -0.3 is 4.74 Å². The van der Waals surface area contributed by atoms with Gasteiger partial charge in [-0.25, -0.2) is 0 Å². The van der Waals surface area contributed by atoms with Crippen LogP contribution >= 0.6 is 31.9 Å². The summed E-state index contributed by atoms with van der Waals surface area (Å²) in [5, 5.41) is 0. The van der Waals surface area contributed by atoms with Crippen molar-refractivity contribution in [3.8, 4) is 0 Å². The number of esters is 1. The van der Waals surface area contributed by atoms with Crippen molar-refractivity contribution in [2.24, 2.45) is 0 Å². The van der Waals surface area contributed by atoms with Crippen molar-refractivity contribution in [2.75, 3.05) is 7.11 Å². The molecule has 0 amide bonds. The molecule has 0 spiro atoms. The molecule has 4 heteroatoms. The van der Waals surface area contributed by atoms with E-state index in [1.807, 2.05) is 0 Å². The molecule has 0 rings (SSSR count). The maximum atomic E-state index is 10.5. The van der Waals surface area contributed by atoms with Crippen molar-refractivity contribution in [3.05, 3.63) is 0 Å². The van der Waals surface area contributed by atoms with Gasteiger partial charge in [-0.05, 0) is 6.42 Å². The van der Waals surface area contributed by atoms with Crippen LogP contribution in [0.15, 0.2) is 0 Å². The van der Waals surface area contributed by atoms with E-state index in [0.717, 1.165) is 6.42 Å². The Morgan fingerprint density at radius 3 is 2.56 bits per heavy atom. The number of carbonyl (C=O) groups is 1. The molecule has 0 aromatic heterocycles. The van der Waals surface area contributed by atoms with Crippen molar-refractivity contribution in [1.82, 2.24) is 0 Å². The molecule has 2 nitrogen and oxygen atoms in total. The van der Waals surface area contributed by atoms with E-state index >= 15 is 0 Å². The third-order valence-electron chi connectivity index (χ3n) is 0.794. The fourth-order valence-electron chi connectivity index (χ4n) is 0.329. The topological polar surface area (TPSA) is 26.3 Å². The van der Waals surface area contributed by atoms with E-state index in [0.29, 0.717) is 6.42 Å². The maximum Gasteiger partial charge on any atom is 0.305 e. The second-order valence-corrected chi connectivity index (χ2v) is 4.95. The molecule has 9 heavy (non-hydrogen) atoms. The van der Waals surface area contributed by atoms with E-state index in [1.165, 1.54) is 7.11 Å². The number of hydrogen-bond donors (Lipinski definition) is 0. The van der Waals surface area contributed by atoms with Crippen LogP contribution in [0.2, 0.25) is 0 Å². The minimum Gasteiger partial charge on any atom is -0.469 e. The highest BCUT2D eigenvalue weighted by Crippen LogP contribution is 2.14. The first kappa shape index (κ1) is 9.43. The number of halogens is 2. The van der Waals surface area contributed by atoms with Gasteiger partial charge in [0, 0.05) is 6.42 Å². The van der Waals surface area contributed by atoms with E-state index in [9.17, 15) is 4.79 Å². The maximum absolute atomic E-state index is 10.5. The lowest BCUT2D eigenvalue weighted by Gasteiger charge is -1.98. The van der Waals surface area contributed by atoms with E-state index in [1.54, 1.807) is 0 Å². The van der Waals surface area contributed by atoms with Crippen LogP contribution < -0.4 is 0 Å². The first-order chi connectivity index (χ1) is 4.16. The van der Waals surface area contributed by atoms with Crippen LogP contribution in [0.25, 0.3) is 0 Å². The summed E-state index contributed by atoms with van der Waals surface area (Å²) in [4.78, 5) is 10.5. The highest BCUT2D eigenvalue weighted by Gasteiger charge is 2.03. The summed E-state index contributed by atoms with van der Waals surface area (Å²) in [5.74, 6) is -0.168. The smallest absolute Gasteiger partial charge is 0.305 e. The number of ether oxygens (including phenoxy) is 1. The van der Waals surface area contributed by atoms with Gasteiger partial charge >= 0.3 is 5.97 Å². The summed E-state index contributed by atoms with van der Waals surface area (Å²) >= 11 is 6.48. The van der Waals surface area contributed by atoms with Gasteiger partial charge in [0.05, 0.1) is 10.8 Å². The SMILES string of the molecule is COC(=O)CCC(Br)Br. The summed E-state index contributed by atoms with van der Waals surface area (Å²) in [6.45, 7) is 0. The monoisotopic (exact) mass is 258 g/mol. The standard InChI is InChI=1S/C5H8Br2O2/c1-9-5(8)3-2-4(6)7/h4H,2-3H2,1H3. The molecule has 54 valence electrons. The molecule has 0 unspecified atom stereocenters. The van der Waals surface area contributed by atoms with Crippen molar-refractivity contribution >= 4 is 37.8 Å². The lowest BCUT2D eigenvalue weighted by atomic mass is 10.3. The van der Waals surface area contributed by atoms with Crippen molar-refractivity contribution in [3.63, 3.8) is 0 Å². The molecule has 0 aromatic carbocycles. The zero-order valence-electron chi connectivity index (χ0n) is 5.06. The van der Waals surface area contributed by atoms with Crippen molar-refractivity contribution in [2.45, 2.75) is 16.6 Å². The van der Waals surface area contributed by atoms with E-state index < -0.39 is 0 Å². The van der Waals surface area contributed by atoms with Crippen molar-refractivity contribution in [1.29, 1.82) is 0 Å². The number of methoxy groups -OCH3 is 1. The van der Waals surface area contributed by atoms with Gasteiger partial charge in [-0.1, -0.05) is 31.9 Å². The van der Waals surface area contributed by atoms with Gasteiger partial charge in [0.15, 0.2) is 0 Å². The lowest BCUT2D eigenvalue weighted by Crippen LogP contribution is -2.01. The van der Waals surface area contributed by atoms with Crippen LogP contribution in [-0.2, 0) is 9.53 Å². The lowest BCUT2D eigenvalue weighted by molar-refractivity contribution is -0.140. The average Bonchev–Trinajstić information content (AvgIpc) is 1.83. The fraction of sp³-hybridized carbons (Fsp3) is 0.800. The number of hydrogen-bond acceptors (Lipinski definition) is 2. The molecule has 0 saturated heterocycles. The van der Waals surface area contributed by atoms with E-state index in [2.05, 4.69) is 36.6 Å². The van der Waals surface area contributed by atoms with Crippen LogP contribution in [0, 0.1) is 0 Å². The normalized spacial score (nSPS) is 9.78. The Balaban J connectivity index is 3.17. The molecule has 0 radical (unpaired) electrons. The molecule has 0 heterocycles. The van der Waals surface area contributed by atoms with Crippen LogP contribution in [-0.4, -0.2) is 16.8 Å². The van der Waals surface area contributed by atoms with Crippen LogP contribution in [0.4, 0.5) is 0 Å². The fourth-order valence-corrected chi connectivity index (χ4v) is 0.787. The molecule has 0 aromatic rings. The third-order valence-corrected chi connectivity index (χ3v) is 1.71. The van der Waals surface area contributed by atoms with Gasteiger partial charge in [-0.15, -0.1) is 0 Å². The molecule has 0 saturated carbocycles. The number of alkyl halides is 2. The predicted octanol–water partition coefficient (Wildman–Crippen LogP) is 2.06. The molecule has 0 atom stereocenters. The summed E-state index contributed by atoms with van der Waals surface area (Å²) in [7, 11) is 1.39. The Kier molecular flexibility index (Phi) is 5.48. The van der Waals surface area contributed by atoms with E-state index in [4.69, 9.17) is 0 Å². The van der Waals surface area contributed by atoms with Crippen LogP contribution in [0.1, 0.15) is 12.8 Å². The first-order valence-corrected chi connectivity index (χ1v) is 4.35. The molecule has 0 aliphatic heterocycles. The van der Waals surface area contributed by atoms with Crippen LogP contribution in [0.5, 0.6) is 0 Å². The molecule has 0 N–H and O–H groups in total. The van der Waals surface area contributed by atoms with Gasteiger partial charge in [0.2, 0.25) is 0 Å². The van der Waals surface area contributed by atoms with Gasteiger partial charge in [-0.3, -0.25) is 4.79 Å². The minimum absolute atomic E-state index is 0.168. The highest BCUT2D eigenvalue weighted by molar-refractivity contribution is 9.24. The molecule has 0 fully saturated rings. The van der Waals surface area contributed by atoms with Gasteiger partial charge in [0.25, 0.3) is 0 Å². The number of rotatable bonds is 3. The predicted molar refractivity (Wildman–Crippen MR) is 42.9 cm³/mol. The summed E-state index contributed by atoms with van der Waals surface area (Å²) in [5.41, 5.74) is 0. The zero-order valence-corrected chi connectivity index (χ0v) is 8.24. The first-order valence-electron chi connectivity index (χ1n) is 2.51. The summed E-state index contributed by atoms with van der Waals surface area (Å²) < 4.78 is 4.63. The summed E-state index contributed by atoms with van der Waals surface area (Å²) in [6, 6.07) is 0. The quantitative estimate of drug-likeness (QED) is 0.573. The molecule has 0 aliphatic rings. The minimum atomic E-state index is -0.168. The zero-order chi connectivity index (χ0) is 7.28. The van der Waals surface area contributed by atoms with Crippen LogP contribution in [0.3, 0.4) is 0 Å². The highest BCUT2D eigenvalue weighted by atomic mass is 79.9. The van der Waals surface area contributed by atoms with Gasteiger partial charge in [-0.2, -0.15) is 0 Å². The number of carbonyl (C=O) groups excluding carboxylic acids is 1. The van der Waals surface area contributed by atoms with E-state index in [-0.39, 0.29) is 9.71 Å². The molecular weight excluding hydrogens is 252 g/mol. The Hall–Kier alpha value is 0.430. The Labute approximate surface area is 71.2 Å². The summed E-state index contributed by atoms with van der Waals surface area (Å²) in [6.07, 6.45) is 1.21. The van der Waals surface area contributed by atoms with Crippen molar-refractivity contribution < 1.29 is 9.53 Å². The molecule has 0 aliphatic carbocycles. The largest absolute Gasteiger partial charge is 0.469 e. The second-order valence-electron chi connectivity index (χ2n) is 1.51. The average molecular weight is 260 g/mol.